The van der Waals surface area contributed by atoms with E-state index in [4.69, 9.17) is 0 Å². The predicted molar refractivity (Wildman–Crippen MR) is 105 cm³/mol. The van der Waals surface area contributed by atoms with Gasteiger partial charge in [0, 0.05) is 31.7 Å². The molecule has 4 saturated carbocycles. The maximum Gasteiger partial charge on any atom is 0.317 e. The number of amides is 4. The molecule has 0 spiro atoms. The Morgan fingerprint density at radius 2 is 1.70 bits per heavy atom. The number of rotatable bonds is 6. The van der Waals surface area contributed by atoms with E-state index >= 15 is 0 Å². The predicted octanol–water partition coefficient (Wildman–Crippen LogP) is 3.09. The van der Waals surface area contributed by atoms with Gasteiger partial charge in [0.15, 0.2) is 0 Å². The molecule has 27 heavy (non-hydrogen) atoms. The number of hydrogen-bond acceptors (Lipinski definition) is 2. The third kappa shape index (κ3) is 4.35. The fraction of sp³-hybridized carbons (Fsp3) is 0.905. The number of hydrogen-bond donors (Lipinski definition) is 3. The van der Waals surface area contributed by atoms with E-state index in [1.807, 2.05) is 4.90 Å². The van der Waals surface area contributed by atoms with E-state index in [1.165, 1.54) is 38.5 Å². The second kappa shape index (κ2) is 7.88. The molecule has 5 rings (SSSR count). The Morgan fingerprint density at radius 3 is 2.33 bits per heavy atom. The molecule has 6 heteroatoms. The number of nitrogens with one attached hydrogen (secondary N) is 3. The Hall–Kier alpha value is -1.46. The highest BCUT2D eigenvalue weighted by atomic mass is 16.2. The molecule has 0 aromatic heterocycles. The third-order valence-electron chi connectivity index (χ3n) is 7.35. The second-order valence-electron chi connectivity index (χ2n) is 9.72. The lowest BCUT2D eigenvalue weighted by atomic mass is 9.53. The monoisotopic (exact) mass is 376 g/mol. The molecule has 5 aliphatic rings. The van der Waals surface area contributed by atoms with Crippen LogP contribution < -0.4 is 16.0 Å². The number of carbonyl (C=O) groups is 2. The molecule has 1 aliphatic heterocycles. The Labute approximate surface area is 163 Å². The maximum absolute atomic E-state index is 12.6. The van der Waals surface area contributed by atoms with Crippen LogP contribution in [-0.2, 0) is 0 Å². The van der Waals surface area contributed by atoms with E-state index in [0.29, 0.717) is 12.5 Å². The summed E-state index contributed by atoms with van der Waals surface area (Å²) in [5.41, 5.74) is 0.0692. The summed E-state index contributed by atoms with van der Waals surface area (Å²) in [5, 5.41) is 9.46. The molecule has 0 radical (unpaired) electrons. The molecule has 0 aromatic rings. The van der Waals surface area contributed by atoms with Gasteiger partial charge in [-0.15, -0.1) is 0 Å². The molecular formula is C21H36N4O2. The van der Waals surface area contributed by atoms with E-state index < -0.39 is 0 Å². The number of unbranched alkanes of at least 4 members (excludes halogenated alkanes) is 1. The summed E-state index contributed by atoms with van der Waals surface area (Å²) >= 11 is 0. The summed E-state index contributed by atoms with van der Waals surface area (Å²) in [4.78, 5) is 26.6. The first-order valence-electron chi connectivity index (χ1n) is 11.1. The van der Waals surface area contributed by atoms with Gasteiger partial charge in [-0.25, -0.2) is 9.59 Å². The van der Waals surface area contributed by atoms with Gasteiger partial charge < -0.3 is 20.9 Å². The summed E-state index contributed by atoms with van der Waals surface area (Å²) in [6.07, 6.45) is 10.8. The minimum absolute atomic E-state index is 0.00259. The lowest BCUT2D eigenvalue weighted by molar-refractivity contribution is -0.0135. The Morgan fingerprint density at radius 1 is 1.04 bits per heavy atom. The quantitative estimate of drug-likeness (QED) is 0.623. The van der Waals surface area contributed by atoms with Crippen LogP contribution in [0.5, 0.6) is 0 Å². The zero-order valence-electron chi connectivity index (χ0n) is 16.8. The van der Waals surface area contributed by atoms with Crippen molar-refractivity contribution in [1.29, 1.82) is 0 Å². The molecule has 4 bridgehead atoms. The fourth-order valence-electron chi connectivity index (χ4n) is 6.45. The number of carbonyl (C=O) groups excluding carboxylic acids is 2. The van der Waals surface area contributed by atoms with Crippen molar-refractivity contribution in [2.24, 2.45) is 23.7 Å². The molecule has 0 aromatic carbocycles. The van der Waals surface area contributed by atoms with Crippen molar-refractivity contribution in [1.82, 2.24) is 20.9 Å². The first-order chi connectivity index (χ1) is 13.0. The van der Waals surface area contributed by atoms with Gasteiger partial charge in [-0.3, -0.25) is 0 Å². The molecule has 1 unspecified atom stereocenters. The molecule has 4 amide bonds. The Balaban J connectivity index is 1.19. The average Bonchev–Trinajstić information content (AvgIpc) is 3.07. The lowest BCUT2D eigenvalue weighted by Gasteiger charge is -2.56. The molecule has 5 fully saturated rings. The van der Waals surface area contributed by atoms with Gasteiger partial charge in [-0.05, 0) is 75.0 Å². The highest BCUT2D eigenvalue weighted by molar-refractivity contribution is 5.75. The van der Waals surface area contributed by atoms with Crippen LogP contribution in [0.1, 0.15) is 64.7 Å². The highest BCUT2D eigenvalue weighted by Crippen LogP contribution is 2.55. The van der Waals surface area contributed by atoms with Crippen molar-refractivity contribution in [2.45, 2.75) is 70.3 Å². The van der Waals surface area contributed by atoms with Crippen LogP contribution >= 0.6 is 0 Å². The topological polar surface area (TPSA) is 73.5 Å². The Bertz CT molecular complexity index is 529. The van der Waals surface area contributed by atoms with Crippen molar-refractivity contribution in [3.8, 4) is 0 Å². The summed E-state index contributed by atoms with van der Waals surface area (Å²) in [6, 6.07) is 0.0479. The van der Waals surface area contributed by atoms with Gasteiger partial charge in [0.25, 0.3) is 0 Å². The van der Waals surface area contributed by atoms with Crippen LogP contribution in [0.4, 0.5) is 9.59 Å². The molecule has 1 atom stereocenters. The van der Waals surface area contributed by atoms with Crippen LogP contribution in [0.15, 0.2) is 0 Å². The molecule has 152 valence electrons. The van der Waals surface area contributed by atoms with E-state index in [9.17, 15) is 9.59 Å². The number of urea groups is 2. The molecule has 4 aliphatic carbocycles. The smallest absolute Gasteiger partial charge is 0.317 e. The van der Waals surface area contributed by atoms with Gasteiger partial charge in [0.1, 0.15) is 0 Å². The number of likely N-dealkylation sites (tertiary alicyclic amines) is 1. The maximum atomic E-state index is 12.6. The van der Waals surface area contributed by atoms with Crippen molar-refractivity contribution in [2.75, 3.05) is 26.2 Å². The largest absolute Gasteiger partial charge is 0.338 e. The van der Waals surface area contributed by atoms with Crippen molar-refractivity contribution in [3.63, 3.8) is 0 Å². The van der Waals surface area contributed by atoms with E-state index in [0.717, 1.165) is 56.7 Å². The van der Waals surface area contributed by atoms with E-state index in [2.05, 4.69) is 22.9 Å². The first-order valence-corrected chi connectivity index (χ1v) is 11.1. The lowest BCUT2D eigenvalue weighted by Crippen LogP contribution is -2.61. The summed E-state index contributed by atoms with van der Waals surface area (Å²) in [6.45, 7) is 5.08. The van der Waals surface area contributed by atoms with Crippen molar-refractivity contribution in [3.05, 3.63) is 0 Å². The zero-order valence-corrected chi connectivity index (χ0v) is 16.8. The van der Waals surface area contributed by atoms with Gasteiger partial charge in [-0.2, -0.15) is 0 Å². The minimum atomic E-state index is 0.00259. The van der Waals surface area contributed by atoms with Gasteiger partial charge in [-0.1, -0.05) is 13.3 Å². The summed E-state index contributed by atoms with van der Waals surface area (Å²) < 4.78 is 0. The SMILES string of the molecule is CCCCNC(=O)N1CCC(CNC(=O)NC23CC4CC(CC(C4)C2)C3)C1. The highest BCUT2D eigenvalue weighted by Gasteiger charge is 2.51. The molecule has 1 saturated heterocycles. The number of nitrogens with zero attached hydrogens (tertiary/aromatic N) is 1. The summed E-state index contributed by atoms with van der Waals surface area (Å²) in [5.74, 6) is 2.88. The van der Waals surface area contributed by atoms with Gasteiger partial charge in [0.05, 0.1) is 0 Å². The standard InChI is InChI=1S/C21H36N4O2/c1-2-3-5-22-20(27)25-6-4-15(14-25)13-23-19(26)24-21-10-16-7-17(11-21)9-18(8-16)12-21/h15-18H,2-14H2,1H3,(H,22,27)(H2,23,24,26). The second-order valence-corrected chi connectivity index (χ2v) is 9.72. The van der Waals surface area contributed by atoms with Crippen molar-refractivity contribution < 1.29 is 9.59 Å². The minimum Gasteiger partial charge on any atom is -0.338 e. The van der Waals surface area contributed by atoms with Crippen LogP contribution in [0.2, 0.25) is 0 Å². The Kier molecular flexibility index (Phi) is 5.51. The zero-order chi connectivity index (χ0) is 18.9. The van der Waals surface area contributed by atoms with Crippen LogP contribution in [0.25, 0.3) is 0 Å². The molecule has 1 heterocycles. The van der Waals surface area contributed by atoms with Gasteiger partial charge in [0.2, 0.25) is 0 Å². The molecule has 6 nitrogen and oxygen atoms in total. The summed E-state index contributed by atoms with van der Waals surface area (Å²) in [7, 11) is 0. The normalized spacial score (nSPS) is 36.7. The van der Waals surface area contributed by atoms with Crippen molar-refractivity contribution >= 4 is 12.1 Å². The third-order valence-corrected chi connectivity index (χ3v) is 7.35. The fourth-order valence-corrected chi connectivity index (χ4v) is 6.45. The van der Waals surface area contributed by atoms with Crippen LogP contribution in [0, 0.1) is 23.7 Å². The van der Waals surface area contributed by atoms with E-state index in [-0.39, 0.29) is 17.6 Å². The van der Waals surface area contributed by atoms with Gasteiger partial charge >= 0.3 is 12.1 Å². The van der Waals surface area contributed by atoms with Crippen LogP contribution in [0.3, 0.4) is 0 Å². The first kappa shape index (κ1) is 18.9. The molecule has 3 N–H and O–H groups in total. The average molecular weight is 377 g/mol. The van der Waals surface area contributed by atoms with E-state index in [1.54, 1.807) is 0 Å². The van der Waals surface area contributed by atoms with Crippen LogP contribution in [-0.4, -0.2) is 48.7 Å². The molecular weight excluding hydrogens is 340 g/mol.